The van der Waals surface area contributed by atoms with Crippen molar-refractivity contribution in [3.05, 3.63) is 36.1 Å². The topological polar surface area (TPSA) is 54.7 Å². The maximum Gasteiger partial charge on any atom is 0.182 e. The Balaban J connectivity index is 0.000000663. The van der Waals surface area contributed by atoms with Gasteiger partial charge >= 0.3 is 0 Å². The van der Waals surface area contributed by atoms with E-state index in [4.69, 9.17) is 4.42 Å². The van der Waals surface area contributed by atoms with E-state index in [1.54, 1.807) is 0 Å². The summed E-state index contributed by atoms with van der Waals surface area (Å²) in [6, 6.07) is 4.06. The van der Waals surface area contributed by atoms with Crippen molar-refractivity contribution >= 4 is 11.1 Å². The van der Waals surface area contributed by atoms with Crippen LogP contribution in [0.1, 0.15) is 46.9 Å². The van der Waals surface area contributed by atoms with Gasteiger partial charge in [-0.3, -0.25) is 0 Å². The fourth-order valence-corrected chi connectivity index (χ4v) is 1.86. The van der Waals surface area contributed by atoms with Crippen molar-refractivity contribution in [1.82, 2.24) is 15.0 Å². The van der Waals surface area contributed by atoms with Gasteiger partial charge in [-0.15, -0.1) is 0 Å². The van der Waals surface area contributed by atoms with Gasteiger partial charge in [0.15, 0.2) is 12.0 Å². The van der Waals surface area contributed by atoms with Crippen molar-refractivity contribution in [2.24, 2.45) is 0 Å². The van der Waals surface area contributed by atoms with Crippen molar-refractivity contribution in [1.29, 1.82) is 0 Å². The number of benzene rings is 1. The van der Waals surface area contributed by atoms with Crippen LogP contribution in [0.15, 0.2) is 29.1 Å². The molecule has 2 heterocycles. The molecule has 3 rings (SSSR count). The molecule has 0 saturated heterocycles. The third-order valence-electron chi connectivity index (χ3n) is 2.67. The zero-order valence-electron chi connectivity index (χ0n) is 13.8. The van der Waals surface area contributed by atoms with Crippen molar-refractivity contribution in [2.45, 2.75) is 48.0 Å². The molecule has 4 nitrogen and oxygen atoms in total. The lowest BCUT2D eigenvalue weighted by atomic mass is 10.1. The lowest BCUT2D eigenvalue weighted by Gasteiger charge is -2.00. The summed E-state index contributed by atoms with van der Waals surface area (Å²) in [5, 5.41) is 0. The van der Waals surface area contributed by atoms with E-state index in [1.807, 2.05) is 46.0 Å². The molecule has 2 aromatic heterocycles. The molecule has 0 amide bonds. The molecule has 1 N–H and O–H groups in total. The highest BCUT2D eigenvalue weighted by atomic mass is 16.3. The van der Waals surface area contributed by atoms with Crippen LogP contribution in [-0.4, -0.2) is 15.0 Å². The molecule has 0 spiro atoms. The van der Waals surface area contributed by atoms with Gasteiger partial charge in [-0.1, -0.05) is 46.2 Å². The minimum absolute atomic E-state index is 0. The number of nitrogens with one attached hydrogen (secondary N) is 1. The van der Waals surface area contributed by atoms with Crippen molar-refractivity contribution in [3.63, 3.8) is 0 Å². The van der Waals surface area contributed by atoms with Gasteiger partial charge in [-0.2, -0.15) is 0 Å². The fourth-order valence-electron chi connectivity index (χ4n) is 1.86. The van der Waals surface area contributed by atoms with E-state index >= 15 is 0 Å². The Morgan fingerprint density at radius 1 is 1.14 bits per heavy atom. The molecular formula is C17H27N3O. The van der Waals surface area contributed by atoms with Gasteiger partial charge in [0.25, 0.3) is 0 Å². The molecule has 116 valence electrons. The van der Waals surface area contributed by atoms with Gasteiger partial charge in [0.1, 0.15) is 11.3 Å². The zero-order chi connectivity index (χ0) is 15.8. The summed E-state index contributed by atoms with van der Waals surface area (Å²) in [5.41, 5.74) is 4.80. The molecular weight excluding hydrogens is 262 g/mol. The maximum absolute atomic E-state index is 5.37. The number of aryl methyl sites for hydroxylation is 2. The highest BCUT2D eigenvalue weighted by molar-refractivity contribution is 5.91. The van der Waals surface area contributed by atoms with Crippen LogP contribution in [0.5, 0.6) is 0 Å². The van der Waals surface area contributed by atoms with Gasteiger partial charge in [-0.05, 0) is 19.4 Å². The Bertz CT molecular complexity index is 673. The number of oxazole rings is 1. The van der Waals surface area contributed by atoms with Crippen molar-refractivity contribution in [3.8, 4) is 11.3 Å². The third kappa shape index (κ3) is 3.94. The predicted octanol–water partition coefficient (Wildman–Crippen LogP) is 5.52. The number of H-pyrrole nitrogens is 1. The number of hydrogen-bond donors (Lipinski definition) is 1. The number of aromatic amines is 1. The Morgan fingerprint density at radius 2 is 1.81 bits per heavy atom. The molecule has 1 aromatic carbocycles. The van der Waals surface area contributed by atoms with Crippen LogP contribution < -0.4 is 0 Å². The van der Waals surface area contributed by atoms with E-state index in [-0.39, 0.29) is 1.43 Å². The SMILES string of the molecule is CC.CCC.Cc1ncc(-c2ccc(C)c3ocnc23)[nH]1.[HH]. The van der Waals surface area contributed by atoms with E-state index in [9.17, 15) is 0 Å². The van der Waals surface area contributed by atoms with Crippen LogP contribution >= 0.6 is 0 Å². The molecule has 0 fully saturated rings. The number of aromatic nitrogens is 3. The van der Waals surface area contributed by atoms with E-state index in [1.165, 1.54) is 12.8 Å². The predicted molar refractivity (Wildman–Crippen MR) is 90.5 cm³/mol. The second-order valence-corrected chi connectivity index (χ2v) is 4.55. The summed E-state index contributed by atoms with van der Waals surface area (Å²) in [6.45, 7) is 12.2. The van der Waals surface area contributed by atoms with Gasteiger partial charge < -0.3 is 9.40 Å². The van der Waals surface area contributed by atoms with Crippen molar-refractivity contribution in [2.75, 3.05) is 0 Å². The molecule has 4 heteroatoms. The minimum Gasteiger partial charge on any atom is -0.443 e. The van der Waals surface area contributed by atoms with Gasteiger partial charge in [0, 0.05) is 6.99 Å². The number of imidazole rings is 1. The van der Waals surface area contributed by atoms with Crippen molar-refractivity contribution < 1.29 is 5.84 Å². The monoisotopic (exact) mass is 289 g/mol. The molecule has 3 aromatic rings. The Labute approximate surface area is 128 Å². The summed E-state index contributed by atoms with van der Waals surface area (Å²) in [6.07, 6.45) is 4.54. The van der Waals surface area contributed by atoms with E-state index < -0.39 is 0 Å². The molecule has 0 unspecified atom stereocenters. The normalized spacial score (nSPS) is 9.62. The van der Waals surface area contributed by atoms with Crippen LogP contribution in [0.2, 0.25) is 0 Å². The first-order chi connectivity index (χ1) is 10.2. The number of rotatable bonds is 1. The van der Waals surface area contributed by atoms with E-state index in [2.05, 4.69) is 28.8 Å². The average Bonchev–Trinajstić information content (AvgIpc) is 3.12. The first kappa shape index (κ1) is 17.0. The summed E-state index contributed by atoms with van der Waals surface area (Å²) in [4.78, 5) is 11.6. The highest BCUT2D eigenvalue weighted by Gasteiger charge is 2.10. The third-order valence-corrected chi connectivity index (χ3v) is 2.67. The van der Waals surface area contributed by atoms with Gasteiger partial charge in [0.05, 0.1) is 11.9 Å². The first-order valence-electron chi connectivity index (χ1n) is 7.52. The van der Waals surface area contributed by atoms with Gasteiger partial charge in [0.2, 0.25) is 0 Å². The lowest BCUT2D eigenvalue weighted by molar-refractivity contribution is 0.600. The second kappa shape index (κ2) is 8.25. The summed E-state index contributed by atoms with van der Waals surface area (Å²) < 4.78 is 5.37. The largest absolute Gasteiger partial charge is 0.443 e. The van der Waals surface area contributed by atoms with Crippen LogP contribution in [0.4, 0.5) is 0 Å². The molecule has 0 aliphatic rings. The first-order valence-corrected chi connectivity index (χ1v) is 7.52. The molecule has 0 bridgehead atoms. The molecule has 0 saturated carbocycles. The van der Waals surface area contributed by atoms with Gasteiger partial charge in [-0.25, -0.2) is 9.97 Å². The molecule has 0 aliphatic carbocycles. The highest BCUT2D eigenvalue weighted by Crippen LogP contribution is 2.28. The zero-order valence-corrected chi connectivity index (χ0v) is 13.8. The summed E-state index contributed by atoms with van der Waals surface area (Å²) in [5.74, 6) is 0.896. The number of hydrogen-bond acceptors (Lipinski definition) is 3. The number of nitrogens with zero attached hydrogens (tertiary/aromatic N) is 2. The fraction of sp³-hybridized carbons (Fsp3) is 0.412. The minimum atomic E-state index is 0. The number of fused-ring (bicyclic) bond motifs is 1. The van der Waals surface area contributed by atoms with E-state index in [0.29, 0.717) is 0 Å². The molecule has 0 atom stereocenters. The average molecular weight is 289 g/mol. The Morgan fingerprint density at radius 3 is 2.38 bits per heavy atom. The maximum atomic E-state index is 5.37. The Hall–Kier alpha value is -2.10. The summed E-state index contributed by atoms with van der Waals surface area (Å²) in [7, 11) is 0. The molecule has 0 aliphatic heterocycles. The van der Waals surface area contributed by atoms with Crippen LogP contribution in [-0.2, 0) is 0 Å². The van der Waals surface area contributed by atoms with E-state index in [0.717, 1.165) is 33.7 Å². The lowest BCUT2D eigenvalue weighted by Crippen LogP contribution is -1.83. The quantitative estimate of drug-likeness (QED) is 0.641. The standard InChI is InChI=1S/C12H11N3O.C3H8.C2H6.H2/c1-7-3-4-9(10-5-13-8(2)15-10)11-12(7)16-6-14-11;1-3-2;1-2;/h3-6H,1-2H3,(H,13,15);3H2,1-2H3;1-2H3;1H. The molecule has 21 heavy (non-hydrogen) atoms. The smallest absolute Gasteiger partial charge is 0.182 e. The second-order valence-electron chi connectivity index (χ2n) is 4.55. The Kier molecular flexibility index (Phi) is 6.66. The molecule has 0 radical (unpaired) electrons. The van der Waals surface area contributed by atoms with Crippen LogP contribution in [0.25, 0.3) is 22.4 Å². The van der Waals surface area contributed by atoms with Crippen LogP contribution in [0.3, 0.4) is 0 Å². The van der Waals surface area contributed by atoms with Crippen LogP contribution in [0, 0.1) is 13.8 Å². The summed E-state index contributed by atoms with van der Waals surface area (Å²) >= 11 is 0.